The van der Waals surface area contributed by atoms with E-state index in [1.54, 1.807) is 6.20 Å². The molecular weight excluding hydrogens is 388 g/mol. The summed E-state index contributed by atoms with van der Waals surface area (Å²) in [6.45, 7) is 1.72. The van der Waals surface area contributed by atoms with Gasteiger partial charge in [0, 0.05) is 66.9 Å². The molecule has 1 spiro atoms. The molecule has 1 saturated carbocycles. The van der Waals surface area contributed by atoms with Gasteiger partial charge in [-0.2, -0.15) is 0 Å². The lowest BCUT2D eigenvalue weighted by Crippen LogP contribution is -2.25. The number of anilines is 2. The number of pyridine rings is 2. The molecule has 1 fully saturated rings. The average Bonchev–Trinajstić information content (AvgIpc) is 3.21. The van der Waals surface area contributed by atoms with E-state index in [2.05, 4.69) is 37.1 Å². The van der Waals surface area contributed by atoms with Crippen LogP contribution in [0.2, 0.25) is 0 Å². The SMILES string of the molecule is Nc1nccc2cc(NCc3ccnc(OC4CC45CCn4ccnc4C5)c3)ccc12. The number of nitrogens with one attached hydrogen (secondary N) is 1. The van der Waals surface area contributed by atoms with E-state index >= 15 is 0 Å². The zero-order chi connectivity index (χ0) is 20.8. The zero-order valence-corrected chi connectivity index (χ0v) is 17.2. The second-order valence-corrected chi connectivity index (χ2v) is 8.62. The number of aromatic nitrogens is 4. The Hall–Kier alpha value is -3.61. The lowest BCUT2D eigenvalue weighted by molar-refractivity contribution is 0.208. The number of nitrogen functional groups attached to an aromatic ring is 1. The Morgan fingerprint density at radius 2 is 2.03 bits per heavy atom. The number of imidazole rings is 1. The molecule has 3 N–H and O–H groups in total. The smallest absolute Gasteiger partial charge is 0.213 e. The summed E-state index contributed by atoms with van der Waals surface area (Å²) >= 11 is 0. The first kappa shape index (κ1) is 18.2. The molecule has 1 aliphatic carbocycles. The van der Waals surface area contributed by atoms with E-state index in [0.717, 1.165) is 47.8 Å². The van der Waals surface area contributed by atoms with E-state index < -0.39 is 0 Å². The Bertz CT molecular complexity index is 1270. The fourth-order valence-corrected chi connectivity index (χ4v) is 4.67. The van der Waals surface area contributed by atoms with Gasteiger partial charge in [-0.05, 0) is 54.1 Å². The maximum atomic E-state index is 6.28. The van der Waals surface area contributed by atoms with E-state index in [1.165, 1.54) is 5.82 Å². The van der Waals surface area contributed by atoms with Crippen LogP contribution >= 0.6 is 0 Å². The zero-order valence-electron chi connectivity index (χ0n) is 17.2. The molecule has 6 rings (SSSR count). The number of rotatable bonds is 5. The van der Waals surface area contributed by atoms with Crippen LogP contribution in [0.15, 0.2) is 61.2 Å². The predicted octanol–water partition coefficient (Wildman–Crippen LogP) is 3.80. The van der Waals surface area contributed by atoms with Crippen LogP contribution in [0.1, 0.15) is 24.2 Å². The van der Waals surface area contributed by atoms with Crippen molar-refractivity contribution in [3.05, 3.63) is 72.6 Å². The Labute approximate surface area is 180 Å². The monoisotopic (exact) mass is 412 g/mol. The second kappa shape index (κ2) is 6.97. The van der Waals surface area contributed by atoms with Crippen LogP contribution in [-0.2, 0) is 19.5 Å². The molecule has 3 aromatic heterocycles. The summed E-state index contributed by atoms with van der Waals surface area (Å²) in [7, 11) is 0. The molecule has 4 heterocycles. The highest BCUT2D eigenvalue weighted by molar-refractivity contribution is 5.92. The summed E-state index contributed by atoms with van der Waals surface area (Å²) in [5.74, 6) is 2.43. The second-order valence-electron chi connectivity index (χ2n) is 8.62. The molecule has 2 unspecified atom stereocenters. The van der Waals surface area contributed by atoms with Crippen molar-refractivity contribution >= 4 is 22.3 Å². The normalized spacial score (nSPS) is 21.7. The van der Waals surface area contributed by atoms with Gasteiger partial charge >= 0.3 is 0 Å². The van der Waals surface area contributed by atoms with E-state index in [-0.39, 0.29) is 11.5 Å². The minimum absolute atomic E-state index is 0.230. The van der Waals surface area contributed by atoms with Crippen LogP contribution in [0.3, 0.4) is 0 Å². The fourth-order valence-electron chi connectivity index (χ4n) is 4.67. The van der Waals surface area contributed by atoms with Gasteiger partial charge in [-0.15, -0.1) is 0 Å². The fraction of sp³-hybridized carbons (Fsp3) is 0.292. The Morgan fingerprint density at radius 3 is 3.00 bits per heavy atom. The summed E-state index contributed by atoms with van der Waals surface area (Å²) in [5.41, 5.74) is 8.35. The first-order chi connectivity index (χ1) is 15.2. The average molecular weight is 412 g/mol. The van der Waals surface area contributed by atoms with Gasteiger partial charge < -0.3 is 20.4 Å². The molecule has 0 bridgehead atoms. The van der Waals surface area contributed by atoms with E-state index in [4.69, 9.17) is 10.5 Å². The predicted molar refractivity (Wildman–Crippen MR) is 120 cm³/mol. The van der Waals surface area contributed by atoms with Gasteiger partial charge in [0.05, 0.1) is 0 Å². The standard InChI is InChI=1S/C24H24N6O/c25-23-19-2-1-18(12-17(19)4-7-28-23)29-15-16-3-6-27-22(11-16)31-20-13-24(20)5-9-30-10-8-26-21(30)14-24/h1-4,6-8,10-12,20,29H,5,9,13-15H2,(H2,25,28). The van der Waals surface area contributed by atoms with Crippen LogP contribution in [-0.4, -0.2) is 25.6 Å². The molecular formula is C24H24N6O. The van der Waals surface area contributed by atoms with Crippen LogP contribution in [0, 0.1) is 5.41 Å². The highest BCUT2D eigenvalue weighted by atomic mass is 16.5. The van der Waals surface area contributed by atoms with Gasteiger partial charge in [0.25, 0.3) is 0 Å². The molecule has 4 aromatic rings. The van der Waals surface area contributed by atoms with Crippen LogP contribution in [0.4, 0.5) is 11.5 Å². The lowest BCUT2D eigenvalue weighted by Gasteiger charge is -2.23. The molecule has 0 radical (unpaired) electrons. The lowest BCUT2D eigenvalue weighted by atomic mass is 9.94. The maximum Gasteiger partial charge on any atom is 0.213 e. The van der Waals surface area contributed by atoms with Gasteiger partial charge in [0.1, 0.15) is 17.7 Å². The van der Waals surface area contributed by atoms with Crippen molar-refractivity contribution in [3.8, 4) is 5.88 Å². The number of fused-ring (bicyclic) bond motifs is 2. The molecule has 1 aromatic carbocycles. The van der Waals surface area contributed by atoms with Crippen molar-refractivity contribution in [2.75, 3.05) is 11.1 Å². The van der Waals surface area contributed by atoms with Crippen molar-refractivity contribution in [2.24, 2.45) is 5.41 Å². The van der Waals surface area contributed by atoms with Crippen LogP contribution in [0.25, 0.3) is 10.8 Å². The molecule has 0 amide bonds. The quantitative estimate of drug-likeness (QED) is 0.518. The van der Waals surface area contributed by atoms with Gasteiger partial charge in [-0.3, -0.25) is 0 Å². The summed E-state index contributed by atoms with van der Waals surface area (Å²) in [6, 6.07) is 12.1. The number of hydrogen-bond donors (Lipinski definition) is 2. The Morgan fingerprint density at radius 1 is 1.10 bits per heavy atom. The van der Waals surface area contributed by atoms with Crippen LogP contribution in [0.5, 0.6) is 5.88 Å². The highest BCUT2D eigenvalue weighted by Crippen LogP contribution is 2.55. The molecule has 2 atom stereocenters. The van der Waals surface area contributed by atoms with Crippen molar-refractivity contribution in [1.29, 1.82) is 0 Å². The summed E-state index contributed by atoms with van der Waals surface area (Å²) in [5, 5.41) is 5.52. The topological polar surface area (TPSA) is 90.9 Å². The third kappa shape index (κ3) is 3.36. The molecule has 31 heavy (non-hydrogen) atoms. The molecule has 7 heteroatoms. The number of benzene rings is 1. The largest absolute Gasteiger partial charge is 0.474 e. The van der Waals surface area contributed by atoms with E-state index in [1.807, 2.05) is 42.7 Å². The number of ether oxygens (including phenoxy) is 1. The highest BCUT2D eigenvalue weighted by Gasteiger charge is 2.57. The molecule has 0 saturated heterocycles. The summed E-state index contributed by atoms with van der Waals surface area (Å²) in [6.07, 6.45) is 11.0. The van der Waals surface area contributed by atoms with Gasteiger partial charge in [-0.1, -0.05) is 0 Å². The maximum absolute atomic E-state index is 6.28. The number of hydrogen-bond acceptors (Lipinski definition) is 6. The third-order valence-electron chi connectivity index (χ3n) is 6.63. The van der Waals surface area contributed by atoms with E-state index in [9.17, 15) is 0 Å². The number of aryl methyl sites for hydroxylation is 1. The van der Waals surface area contributed by atoms with Crippen LogP contribution < -0.4 is 15.8 Å². The minimum Gasteiger partial charge on any atom is -0.474 e. The summed E-state index contributed by atoms with van der Waals surface area (Å²) in [4.78, 5) is 13.1. The number of nitrogens with zero attached hydrogens (tertiary/aromatic N) is 4. The molecule has 156 valence electrons. The first-order valence-corrected chi connectivity index (χ1v) is 10.7. The first-order valence-electron chi connectivity index (χ1n) is 10.7. The number of nitrogens with two attached hydrogens (primary N) is 1. The Balaban J connectivity index is 1.11. The van der Waals surface area contributed by atoms with Gasteiger partial charge in [-0.25, -0.2) is 15.0 Å². The van der Waals surface area contributed by atoms with Crippen molar-refractivity contribution < 1.29 is 4.74 Å². The van der Waals surface area contributed by atoms with Gasteiger partial charge in [0.15, 0.2) is 0 Å². The molecule has 7 nitrogen and oxygen atoms in total. The van der Waals surface area contributed by atoms with E-state index in [0.29, 0.717) is 18.2 Å². The van der Waals surface area contributed by atoms with Crippen molar-refractivity contribution in [3.63, 3.8) is 0 Å². The molecule has 2 aliphatic rings. The summed E-state index contributed by atoms with van der Waals surface area (Å²) < 4.78 is 8.53. The minimum atomic E-state index is 0.230. The van der Waals surface area contributed by atoms with Gasteiger partial charge in [0.2, 0.25) is 5.88 Å². The molecule has 1 aliphatic heterocycles. The van der Waals surface area contributed by atoms with Crippen molar-refractivity contribution in [2.45, 2.75) is 38.5 Å². The third-order valence-corrected chi connectivity index (χ3v) is 6.63. The Kier molecular flexibility index (Phi) is 4.09. The van der Waals surface area contributed by atoms with Crippen molar-refractivity contribution in [1.82, 2.24) is 19.5 Å².